The standard InChI is InChI=1S/C17H23ClN2O4/c1-3-24-17(22)12-5-4-8-20(10-12)11-16(21)19-14-9-13(18)6-7-15(14)23-2/h6-7,9,12H,3-5,8,10-11H2,1-2H3,(H,19,21)/p+1/t12-/m0/s1. The van der Waals surface area contributed by atoms with E-state index in [1.807, 2.05) is 0 Å². The van der Waals surface area contributed by atoms with Crippen molar-refractivity contribution in [1.29, 1.82) is 0 Å². The number of quaternary nitrogens is 1. The zero-order chi connectivity index (χ0) is 17.5. The second-order valence-corrected chi connectivity index (χ2v) is 6.30. The van der Waals surface area contributed by atoms with Crippen molar-refractivity contribution in [1.82, 2.24) is 0 Å². The number of anilines is 1. The van der Waals surface area contributed by atoms with Crippen molar-refractivity contribution in [3.8, 4) is 5.75 Å². The van der Waals surface area contributed by atoms with Crippen LogP contribution in [0.15, 0.2) is 18.2 Å². The fourth-order valence-electron chi connectivity index (χ4n) is 2.97. The quantitative estimate of drug-likeness (QED) is 0.751. The maximum absolute atomic E-state index is 12.3. The number of piperidine rings is 1. The third kappa shape index (κ3) is 5.11. The molecule has 1 aliphatic rings. The van der Waals surface area contributed by atoms with Crippen molar-refractivity contribution < 1.29 is 24.0 Å². The second kappa shape index (κ2) is 8.89. The molecule has 2 rings (SSSR count). The number of carbonyl (C=O) groups excluding carboxylic acids is 2. The lowest BCUT2D eigenvalue weighted by Crippen LogP contribution is -3.14. The van der Waals surface area contributed by atoms with Crippen molar-refractivity contribution >= 4 is 29.2 Å². The number of nitrogens with one attached hydrogen (secondary N) is 2. The highest BCUT2D eigenvalue weighted by molar-refractivity contribution is 6.31. The van der Waals surface area contributed by atoms with Crippen LogP contribution in [0.3, 0.4) is 0 Å². The molecule has 1 aliphatic heterocycles. The molecule has 132 valence electrons. The molecule has 6 nitrogen and oxygen atoms in total. The normalized spacial score (nSPS) is 20.3. The Bertz CT molecular complexity index is 594. The summed E-state index contributed by atoms with van der Waals surface area (Å²) in [7, 11) is 1.54. The van der Waals surface area contributed by atoms with Gasteiger partial charge in [0.05, 0.1) is 32.5 Å². The second-order valence-electron chi connectivity index (χ2n) is 5.86. The van der Waals surface area contributed by atoms with E-state index >= 15 is 0 Å². The highest BCUT2D eigenvalue weighted by Crippen LogP contribution is 2.27. The number of likely N-dealkylation sites (tertiary alicyclic amines) is 1. The van der Waals surface area contributed by atoms with Gasteiger partial charge in [0.15, 0.2) is 6.54 Å². The van der Waals surface area contributed by atoms with E-state index in [9.17, 15) is 9.59 Å². The molecule has 7 heteroatoms. The van der Waals surface area contributed by atoms with Crippen molar-refractivity contribution in [3.05, 3.63) is 23.2 Å². The third-order valence-electron chi connectivity index (χ3n) is 4.08. The minimum absolute atomic E-state index is 0.123. The molecule has 2 atom stereocenters. The summed E-state index contributed by atoms with van der Waals surface area (Å²) in [5.74, 6) is 0.148. The molecular weight excluding hydrogens is 332 g/mol. The molecule has 0 bridgehead atoms. The number of esters is 1. The zero-order valence-corrected chi connectivity index (χ0v) is 14.8. The molecule has 1 amide bonds. The van der Waals surface area contributed by atoms with Crippen molar-refractivity contribution in [2.45, 2.75) is 19.8 Å². The van der Waals surface area contributed by atoms with Crippen LogP contribution < -0.4 is 15.0 Å². The molecule has 1 heterocycles. The first-order valence-corrected chi connectivity index (χ1v) is 8.54. The van der Waals surface area contributed by atoms with Gasteiger partial charge in [-0.05, 0) is 38.0 Å². The number of amides is 1. The number of benzene rings is 1. The highest BCUT2D eigenvalue weighted by atomic mass is 35.5. The van der Waals surface area contributed by atoms with Gasteiger partial charge in [-0.3, -0.25) is 9.59 Å². The van der Waals surface area contributed by atoms with Crippen LogP contribution in [0.2, 0.25) is 5.02 Å². The highest BCUT2D eigenvalue weighted by Gasteiger charge is 2.30. The average molecular weight is 356 g/mol. The van der Waals surface area contributed by atoms with Gasteiger partial charge in [0.1, 0.15) is 11.7 Å². The van der Waals surface area contributed by atoms with Crippen LogP contribution in [0.25, 0.3) is 0 Å². The minimum atomic E-state index is -0.161. The number of ether oxygens (including phenoxy) is 2. The molecule has 1 unspecified atom stereocenters. The summed E-state index contributed by atoms with van der Waals surface area (Å²) in [5.41, 5.74) is 0.549. The monoisotopic (exact) mass is 355 g/mol. The molecule has 1 aromatic carbocycles. The Balaban J connectivity index is 1.92. The van der Waals surface area contributed by atoms with Crippen molar-refractivity contribution in [2.24, 2.45) is 5.92 Å². The lowest BCUT2D eigenvalue weighted by molar-refractivity contribution is -0.899. The number of methoxy groups -OCH3 is 1. The summed E-state index contributed by atoms with van der Waals surface area (Å²) in [6, 6.07) is 5.07. The van der Waals surface area contributed by atoms with Crippen LogP contribution in [-0.2, 0) is 14.3 Å². The van der Waals surface area contributed by atoms with Crippen molar-refractivity contribution in [3.63, 3.8) is 0 Å². The molecule has 24 heavy (non-hydrogen) atoms. The smallest absolute Gasteiger partial charge is 0.314 e. The molecule has 1 aromatic rings. The molecule has 1 fully saturated rings. The zero-order valence-electron chi connectivity index (χ0n) is 14.1. The summed E-state index contributed by atoms with van der Waals surface area (Å²) < 4.78 is 10.3. The van der Waals surface area contributed by atoms with Gasteiger partial charge in [-0.25, -0.2) is 0 Å². The summed E-state index contributed by atoms with van der Waals surface area (Å²) in [6.07, 6.45) is 1.73. The molecule has 0 radical (unpaired) electrons. The lowest BCUT2D eigenvalue weighted by atomic mass is 9.98. The number of rotatable bonds is 6. The van der Waals surface area contributed by atoms with Crippen molar-refractivity contribution in [2.75, 3.05) is 38.7 Å². The predicted molar refractivity (Wildman–Crippen MR) is 91.6 cm³/mol. The van der Waals surface area contributed by atoms with Gasteiger partial charge in [-0.15, -0.1) is 0 Å². The van der Waals surface area contributed by atoms with Crippen LogP contribution in [0.4, 0.5) is 5.69 Å². The Labute approximate surface area is 147 Å². The molecule has 0 spiro atoms. The Hall–Kier alpha value is -1.79. The van der Waals surface area contributed by atoms with E-state index in [0.717, 1.165) is 24.3 Å². The van der Waals surface area contributed by atoms with E-state index in [2.05, 4.69) is 5.32 Å². The van der Waals surface area contributed by atoms with E-state index < -0.39 is 0 Å². The van der Waals surface area contributed by atoms with Crippen LogP contribution in [0, 0.1) is 5.92 Å². The first-order valence-electron chi connectivity index (χ1n) is 8.17. The van der Waals surface area contributed by atoms with E-state index in [1.54, 1.807) is 32.2 Å². The van der Waals surface area contributed by atoms with Crippen LogP contribution in [0.1, 0.15) is 19.8 Å². The van der Waals surface area contributed by atoms with E-state index in [1.165, 1.54) is 0 Å². The SMILES string of the molecule is CCOC(=O)[C@H]1CCC[NH+](CC(=O)Nc2cc(Cl)ccc2OC)C1. The Kier molecular flexibility index (Phi) is 6.87. The minimum Gasteiger partial charge on any atom is -0.495 e. The average Bonchev–Trinajstić information content (AvgIpc) is 2.55. The van der Waals surface area contributed by atoms with E-state index in [-0.39, 0.29) is 17.8 Å². The van der Waals surface area contributed by atoms with E-state index in [4.69, 9.17) is 21.1 Å². The number of hydrogen-bond acceptors (Lipinski definition) is 4. The van der Waals surface area contributed by atoms with Gasteiger partial charge in [-0.2, -0.15) is 0 Å². The van der Waals surface area contributed by atoms with E-state index in [0.29, 0.717) is 36.2 Å². The molecule has 0 aliphatic carbocycles. The van der Waals surface area contributed by atoms with Gasteiger partial charge in [-0.1, -0.05) is 11.6 Å². The predicted octanol–water partition coefficient (Wildman–Crippen LogP) is 1.15. The number of hydrogen-bond donors (Lipinski definition) is 2. The van der Waals surface area contributed by atoms with Gasteiger partial charge >= 0.3 is 5.97 Å². The topological polar surface area (TPSA) is 69.1 Å². The first-order chi connectivity index (χ1) is 11.5. The Morgan fingerprint density at radius 1 is 1.42 bits per heavy atom. The summed E-state index contributed by atoms with van der Waals surface area (Å²) in [4.78, 5) is 25.3. The van der Waals surface area contributed by atoms with Gasteiger partial charge in [0, 0.05) is 5.02 Å². The largest absolute Gasteiger partial charge is 0.495 e. The van der Waals surface area contributed by atoms with Crippen LogP contribution in [0.5, 0.6) is 5.75 Å². The fraction of sp³-hybridized carbons (Fsp3) is 0.529. The first kappa shape index (κ1) is 18.5. The van der Waals surface area contributed by atoms with Gasteiger partial charge < -0.3 is 19.7 Å². The molecule has 2 N–H and O–H groups in total. The maximum Gasteiger partial charge on any atom is 0.314 e. The molecule has 0 aromatic heterocycles. The molecular formula is C17H24ClN2O4+. The number of halogens is 1. The van der Waals surface area contributed by atoms with Gasteiger partial charge in [0.25, 0.3) is 5.91 Å². The summed E-state index contributed by atoms with van der Waals surface area (Å²) in [5, 5.41) is 3.36. The molecule has 1 saturated heterocycles. The lowest BCUT2D eigenvalue weighted by Gasteiger charge is -2.28. The third-order valence-corrected chi connectivity index (χ3v) is 4.32. The Morgan fingerprint density at radius 2 is 2.21 bits per heavy atom. The summed E-state index contributed by atoms with van der Waals surface area (Å²) in [6.45, 7) is 3.98. The fourth-order valence-corrected chi connectivity index (χ4v) is 3.14. The van der Waals surface area contributed by atoms with Crippen LogP contribution in [-0.4, -0.2) is 45.2 Å². The molecule has 0 saturated carbocycles. The Morgan fingerprint density at radius 3 is 2.92 bits per heavy atom. The van der Waals surface area contributed by atoms with Gasteiger partial charge in [0.2, 0.25) is 0 Å². The van der Waals surface area contributed by atoms with Crippen LogP contribution >= 0.6 is 11.6 Å². The summed E-state index contributed by atoms with van der Waals surface area (Å²) >= 11 is 5.97. The number of carbonyl (C=O) groups is 2. The maximum atomic E-state index is 12.3.